The van der Waals surface area contributed by atoms with E-state index in [0.29, 0.717) is 18.7 Å². The third kappa shape index (κ3) is 3.03. The molecule has 1 saturated heterocycles. The fraction of sp³-hybridized carbons (Fsp3) is 0.316. The van der Waals surface area contributed by atoms with Crippen LogP contribution in [-0.2, 0) is 0 Å². The molecule has 0 N–H and O–H groups in total. The summed E-state index contributed by atoms with van der Waals surface area (Å²) in [6.45, 7) is 2.73. The Bertz CT molecular complexity index is 1020. The van der Waals surface area contributed by atoms with Gasteiger partial charge in [0.05, 0.1) is 4.92 Å². The number of para-hydroxylation sites is 1. The molecule has 8 heteroatoms. The molecule has 0 radical (unpaired) electrons. The number of aromatic nitrogens is 3. The van der Waals surface area contributed by atoms with Gasteiger partial charge in [-0.25, -0.2) is 0 Å². The van der Waals surface area contributed by atoms with Gasteiger partial charge in [0.15, 0.2) is 5.65 Å². The van der Waals surface area contributed by atoms with Crippen LogP contribution in [0.25, 0.3) is 5.65 Å². The molecule has 1 aromatic carbocycles. The molecule has 27 heavy (non-hydrogen) atoms. The summed E-state index contributed by atoms with van der Waals surface area (Å²) in [7, 11) is 0. The predicted octanol–water partition coefficient (Wildman–Crippen LogP) is 2.97. The molecule has 1 aliphatic heterocycles. The fourth-order valence-corrected chi connectivity index (χ4v) is 3.72. The summed E-state index contributed by atoms with van der Waals surface area (Å²) in [5.74, 6) is 0.827. The van der Waals surface area contributed by atoms with E-state index in [4.69, 9.17) is 0 Å². The minimum atomic E-state index is -0.475. The van der Waals surface area contributed by atoms with Gasteiger partial charge in [0, 0.05) is 30.8 Å². The highest BCUT2D eigenvalue weighted by Crippen LogP contribution is 2.30. The van der Waals surface area contributed by atoms with E-state index in [-0.39, 0.29) is 23.1 Å². The number of pyridine rings is 1. The quantitative estimate of drug-likeness (QED) is 0.525. The molecule has 0 bridgehead atoms. The molecule has 1 amide bonds. The molecule has 3 heterocycles. The number of carbonyl (C=O) groups is 1. The number of carbonyl (C=O) groups excluding carboxylic acids is 1. The number of fused-ring (bicyclic) bond motifs is 1. The number of nitro benzene ring substituents is 1. The summed E-state index contributed by atoms with van der Waals surface area (Å²) < 4.78 is 1.98. The smallest absolute Gasteiger partial charge is 0.285 e. The number of benzene rings is 1. The van der Waals surface area contributed by atoms with E-state index >= 15 is 0 Å². The van der Waals surface area contributed by atoms with Crippen molar-refractivity contribution in [3.8, 4) is 0 Å². The van der Waals surface area contributed by atoms with E-state index in [1.807, 2.05) is 28.8 Å². The highest BCUT2D eigenvalue weighted by atomic mass is 16.6. The highest BCUT2D eigenvalue weighted by Gasteiger charge is 2.31. The maximum atomic E-state index is 12.9. The van der Waals surface area contributed by atoms with Crippen LogP contribution in [0.3, 0.4) is 0 Å². The minimum Gasteiger partial charge on any atom is -0.338 e. The molecule has 0 aliphatic carbocycles. The third-order valence-corrected chi connectivity index (χ3v) is 5.14. The third-order valence-electron chi connectivity index (χ3n) is 5.14. The highest BCUT2D eigenvalue weighted by molar-refractivity contribution is 5.98. The van der Waals surface area contributed by atoms with E-state index in [1.54, 1.807) is 24.0 Å². The topological polar surface area (TPSA) is 93.6 Å². The second-order valence-electron chi connectivity index (χ2n) is 6.78. The molecule has 0 spiro atoms. The van der Waals surface area contributed by atoms with Gasteiger partial charge in [-0.2, -0.15) is 0 Å². The number of likely N-dealkylation sites (tertiary alicyclic amines) is 1. The zero-order valence-corrected chi connectivity index (χ0v) is 14.9. The first kappa shape index (κ1) is 17.1. The average molecular weight is 365 g/mol. The van der Waals surface area contributed by atoms with Crippen molar-refractivity contribution in [2.24, 2.45) is 0 Å². The predicted molar refractivity (Wildman–Crippen MR) is 98.7 cm³/mol. The standard InChI is InChI=1S/C19H19N5O3/c1-13-5-4-6-15(17(13)24(26)27)19(25)22-11-8-14(9-12-22)18-21-20-16-7-2-3-10-23(16)18/h2-7,10,14H,8-9,11-12H2,1H3. The molecule has 1 aliphatic rings. The van der Waals surface area contributed by atoms with Gasteiger partial charge in [0.1, 0.15) is 11.4 Å². The van der Waals surface area contributed by atoms with Crippen molar-refractivity contribution >= 4 is 17.2 Å². The van der Waals surface area contributed by atoms with Crippen molar-refractivity contribution in [2.75, 3.05) is 13.1 Å². The normalized spacial score (nSPS) is 15.2. The lowest BCUT2D eigenvalue weighted by Gasteiger charge is -2.31. The van der Waals surface area contributed by atoms with Crippen molar-refractivity contribution in [3.05, 3.63) is 69.7 Å². The van der Waals surface area contributed by atoms with Gasteiger partial charge in [0.2, 0.25) is 0 Å². The molecule has 0 unspecified atom stereocenters. The summed E-state index contributed by atoms with van der Waals surface area (Å²) in [5, 5.41) is 19.9. The van der Waals surface area contributed by atoms with Crippen LogP contribution in [0.1, 0.15) is 40.5 Å². The van der Waals surface area contributed by atoms with Crippen molar-refractivity contribution in [2.45, 2.75) is 25.7 Å². The second kappa shape index (κ2) is 6.79. The molecule has 8 nitrogen and oxygen atoms in total. The van der Waals surface area contributed by atoms with E-state index in [0.717, 1.165) is 24.3 Å². The molecule has 1 fully saturated rings. The molecular formula is C19H19N5O3. The Balaban J connectivity index is 1.52. The Morgan fingerprint density at radius 3 is 2.67 bits per heavy atom. The van der Waals surface area contributed by atoms with Gasteiger partial charge < -0.3 is 4.90 Å². The Kier molecular flexibility index (Phi) is 4.31. The summed E-state index contributed by atoms with van der Waals surface area (Å²) in [6.07, 6.45) is 3.44. The lowest BCUT2D eigenvalue weighted by molar-refractivity contribution is -0.385. The van der Waals surface area contributed by atoms with E-state index < -0.39 is 4.92 Å². The van der Waals surface area contributed by atoms with E-state index in [1.165, 1.54) is 6.07 Å². The number of nitrogens with zero attached hydrogens (tertiary/aromatic N) is 5. The van der Waals surface area contributed by atoms with E-state index in [2.05, 4.69) is 10.2 Å². The number of aryl methyl sites for hydroxylation is 1. The van der Waals surface area contributed by atoms with Gasteiger partial charge >= 0.3 is 0 Å². The van der Waals surface area contributed by atoms with Crippen LogP contribution in [0.5, 0.6) is 0 Å². The van der Waals surface area contributed by atoms with Gasteiger partial charge in [-0.15, -0.1) is 10.2 Å². The summed E-state index contributed by atoms with van der Waals surface area (Å²) in [6, 6.07) is 10.6. The first-order chi connectivity index (χ1) is 13.1. The molecule has 0 atom stereocenters. The van der Waals surface area contributed by atoms with Gasteiger partial charge in [-0.05, 0) is 38.0 Å². The number of hydrogen-bond acceptors (Lipinski definition) is 5. The Labute approximate surface area is 155 Å². The van der Waals surface area contributed by atoms with Crippen molar-refractivity contribution in [3.63, 3.8) is 0 Å². The maximum Gasteiger partial charge on any atom is 0.285 e. The van der Waals surface area contributed by atoms with Crippen LogP contribution in [0, 0.1) is 17.0 Å². The molecule has 4 rings (SSSR count). The van der Waals surface area contributed by atoms with Crippen molar-refractivity contribution in [1.29, 1.82) is 0 Å². The Morgan fingerprint density at radius 1 is 1.15 bits per heavy atom. The van der Waals surface area contributed by atoms with Gasteiger partial charge in [0.25, 0.3) is 11.6 Å². The first-order valence-corrected chi connectivity index (χ1v) is 8.89. The summed E-state index contributed by atoms with van der Waals surface area (Å²) >= 11 is 0. The lowest BCUT2D eigenvalue weighted by Crippen LogP contribution is -2.38. The van der Waals surface area contributed by atoms with Crippen LogP contribution in [-0.4, -0.2) is 43.4 Å². The van der Waals surface area contributed by atoms with Crippen LogP contribution >= 0.6 is 0 Å². The van der Waals surface area contributed by atoms with Crippen LogP contribution in [0.4, 0.5) is 5.69 Å². The molecule has 3 aromatic rings. The summed E-state index contributed by atoms with van der Waals surface area (Å²) in [4.78, 5) is 25.5. The van der Waals surface area contributed by atoms with Gasteiger partial charge in [-0.3, -0.25) is 19.3 Å². The Hall–Kier alpha value is -3.29. The van der Waals surface area contributed by atoms with Crippen LogP contribution < -0.4 is 0 Å². The van der Waals surface area contributed by atoms with Crippen molar-refractivity contribution < 1.29 is 9.72 Å². The number of piperidine rings is 1. The number of nitro groups is 1. The SMILES string of the molecule is Cc1cccc(C(=O)N2CCC(c3nnc4ccccn34)CC2)c1[N+](=O)[O-]. The molecule has 138 valence electrons. The zero-order valence-electron chi connectivity index (χ0n) is 14.9. The largest absolute Gasteiger partial charge is 0.338 e. The zero-order chi connectivity index (χ0) is 19.0. The van der Waals surface area contributed by atoms with Crippen LogP contribution in [0.2, 0.25) is 0 Å². The average Bonchev–Trinajstić information content (AvgIpc) is 3.11. The fourth-order valence-electron chi connectivity index (χ4n) is 3.72. The monoisotopic (exact) mass is 365 g/mol. The van der Waals surface area contributed by atoms with Crippen LogP contribution in [0.15, 0.2) is 42.6 Å². The number of amides is 1. The van der Waals surface area contributed by atoms with Crippen molar-refractivity contribution in [1.82, 2.24) is 19.5 Å². The second-order valence-corrected chi connectivity index (χ2v) is 6.78. The summed E-state index contributed by atoms with van der Waals surface area (Å²) in [5.41, 5.74) is 1.36. The number of hydrogen-bond donors (Lipinski definition) is 0. The molecular weight excluding hydrogens is 346 g/mol. The van der Waals surface area contributed by atoms with E-state index in [9.17, 15) is 14.9 Å². The minimum absolute atomic E-state index is 0.104. The molecule has 0 saturated carbocycles. The van der Waals surface area contributed by atoms with Gasteiger partial charge in [-0.1, -0.05) is 18.2 Å². The number of rotatable bonds is 3. The maximum absolute atomic E-state index is 12.9. The molecule has 2 aromatic heterocycles. The lowest BCUT2D eigenvalue weighted by atomic mass is 9.95. The Morgan fingerprint density at radius 2 is 1.93 bits per heavy atom. The first-order valence-electron chi connectivity index (χ1n) is 8.89.